The molecule has 1 aromatic carbocycles. The quantitative estimate of drug-likeness (QED) is 0.910. The standard InChI is InChI=1S/C15H19FN4/c1-10(15-18-9-20(2)19-15)17-8-12-7-14(12)11-3-5-13(16)6-4-11/h3-6,9-10,12,14,17H,7-8H2,1-2H3/t10-,12-,14+/m0/s1. The highest BCUT2D eigenvalue weighted by molar-refractivity contribution is 5.26. The van der Waals surface area contributed by atoms with E-state index in [-0.39, 0.29) is 11.9 Å². The van der Waals surface area contributed by atoms with Gasteiger partial charge in [-0.2, -0.15) is 5.10 Å². The zero-order valence-corrected chi connectivity index (χ0v) is 11.8. The van der Waals surface area contributed by atoms with Gasteiger partial charge in [0.25, 0.3) is 0 Å². The molecule has 1 aliphatic rings. The van der Waals surface area contributed by atoms with Crippen LogP contribution in [0.25, 0.3) is 0 Å². The minimum absolute atomic E-state index is 0.158. The largest absolute Gasteiger partial charge is 0.307 e. The van der Waals surface area contributed by atoms with Crippen molar-refractivity contribution in [2.75, 3.05) is 6.54 Å². The lowest BCUT2D eigenvalue weighted by molar-refractivity contribution is 0.518. The molecule has 0 saturated heterocycles. The maximum atomic E-state index is 12.9. The summed E-state index contributed by atoms with van der Waals surface area (Å²) in [4.78, 5) is 4.25. The fourth-order valence-electron chi connectivity index (χ4n) is 2.57. The molecule has 4 nitrogen and oxygen atoms in total. The number of hydrogen-bond donors (Lipinski definition) is 1. The van der Waals surface area contributed by atoms with Crippen LogP contribution in [-0.2, 0) is 7.05 Å². The fourth-order valence-corrected chi connectivity index (χ4v) is 2.57. The summed E-state index contributed by atoms with van der Waals surface area (Å²) in [6.07, 6.45) is 2.88. The van der Waals surface area contributed by atoms with Gasteiger partial charge >= 0.3 is 0 Å². The lowest BCUT2D eigenvalue weighted by Gasteiger charge is -2.10. The van der Waals surface area contributed by atoms with Crippen LogP contribution in [0.2, 0.25) is 0 Å². The van der Waals surface area contributed by atoms with Gasteiger partial charge in [-0.3, -0.25) is 4.68 Å². The monoisotopic (exact) mass is 274 g/mol. The highest BCUT2D eigenvalue weighted by atomic mass is 19.1. The lowest BCUT2D eigenvalue weighted by Crippen LogP contribution is -2.22. The van der Waals surface area contributed by atoms with Gasteiger partial charge in [0.05, 0.1) is 6.04 Å². The van der Waals surface area contributed by atoms with Crippen molar-refractivity contribution in [1.82, 2.24) is 20.1 Å². The van der Waals surface area contributed by atoms with Gasteiger partial charge in [-0.1, -0.05) is 12.1 Å². The Balaban J connectivity index is 1.50. The fraction of sp³-hybridized carbons (Fsp3) is 0.467. The predicted molar refractivity (Wildman–Crippen MR) is 74.7 cm³/mol. The Bertz CT molecular complexity index is 578. The first kappa shape index (κ1) is 13.2. The predicted octanol–water partition coefficient (Wildman–Crippen LogP) is 2.41. The second-order valence-electron chi connectivity index (χ2n) is 5.56. The Hall–Kier alpha value is -1.75. The molecule has 1 aliphatic carbocycles. The molecule has 106 valence electrons. The Morgan fingerprint density at radius 1 is 1.40 bits per heavy atom. The molecule has 0 radical (unpaired) electrons. The molecule has 2 aromatic rings. The van der Waals surface area contributed by atoms with Crippen LogP contribution in [0.5, 0.6) is 0 Å². The summed E-state index contributed by atoms with van der Waals surface area (Å²) in [5, 5.41) is 7.77. The molecular formula is C15H19FN4. The topological polar surface area (TPSA) is 42.7 Å². The summed E-state index contributed by atoms with van der Waals surface area (Å²) in [5.41, 5.74) is 1.24. The summed E-state index contributed by atoms with van der Waals surface area (Å²) < 4.78 is 14.6. The molecule has 1 saturated carbocycles. The number of halogens is 1. The van der Waals surface area contributed by atoms with E-state index in [1.165, 1.54) is 12.0 Å². The van der Waals surface area contributed by atoms with Crippen LogP contribution in [-0.4, -0.2) is 21.3 Å². The molecule has 1 heterocycles. The Labute approximate surface area is 118 Å². The van der Waals surface area contributed by atoms with Crippen LogP contribution < -0.4 is 5.32 Å². The number of nitrogens with zero attached hydrogens (tertiary/aromatic N) is 3. The molecule has 1 N–H and O–H groups in total. The number of nitrogens with one attached hydrogen (secondary N) is 1. The summed E-state index contributed by atoms with van der Waals surface area (Å²) in [5.74, 6) is 1.85. The van der Waals surface area contributed by atoms with Crippen molar-refractivity contribution in [3.8, 4) is 0 Å². The van der Waals surface area contributed by atoms with Gasteiger partial charge in [-0.25, -0.2) is 9.37 Å². The van der Waals surface area contributed by atoms with Crippen LogP contribution in [0.15, 0.2) is 30.6 Å². The van der Waals surface area contributed by atoms with Gasteiger partial charge in [0, 0.05) is 7.05 Å². The van der Waals surface area contributed by atoms with E-state index in [1.54, 1.807) is 23.1 Å². The van der Waals surface area contributed by atoms with Crippen LogP contribution in [0.3, 0.4) is 0 Å². The number of aryl methyl sites for hydroxylation is 1. The van der Waals surface area contributed by atoms with E-state index in [4.69, 9.17) is 0 Å². The summed E-state index contributed by atoms with van der Waals surface area (Å²) in [7, 11) is 1.87. The first-order chi connectivity index (χ1) is 9.63. The zero-order valence-electron chi connectivity index (χ0n) is 11.8. The van der Waals surface area contributed by atoms with Crippen LogP contribution in [0, 0.1) is 11.7 Å². The number of benzene rings is 1. The van der Waals surface area contributed by atoms with Crippen molar-refractivity contribution < 1.29 is 4.39 Å². The molecule has 1 fully saturated rings. The van der Waals surface area contributed by atoms with Crippen LogP contribution in [0.1, 0.15) is 36.7 Å². The number of aromatic nitrogens is 3. The molecule has 0 bridgehead atoms. The van der Waals surface area contributed by atoms with Gasteiger partial charge in [0.1, 0.15) is 12.1 Å². The normalized spacial score (nSPS) is 22.8. The van der Waals surface area contributed by atoms with E-state index >= 15 is 0 Å². The Kier molecular flexibility index (Phi) is 3.53. The van der Waals surface area contributed by atoms with Crippen molar-refractivity contribution in [2.24, 2.45) is 13.0 Å². The zero-order chi connectivity index (χ0) is 14.1. The molecule has 0 unspecified atom stereocenters. The Morgan fingerprint density at radius 3 is 2.80 bits per heavy atom. The third kappa shape index (κ3) is 2.88. The summed E-state index contributed by atoms with van der Waals surface area (Å²) in [6, 6.07) is 7.02. The number of rotatable bonds is 5. The first-order valence-corrected chi connectivity index (χ1v) is 6.98. The van der Waals surface area contributed by atoms with Gasteiger partial charge in [0.2, 0.25) is 0 Å². The highest BCUT2D eigenvalue weighted by Gasteiger charge is 2.38. The molecule has 3 atom stereocenters. The number of hydrogen-bond acceptors (Lipinski definition) is 3. The van der Waals surface area contributed by atoms with E-state index in [1.807, 2.05) is 19.2 Å². The van der Waals surface area contributed by atoms with E-state index in [0.717, 1.165) is 12.4 Å². The molecule has 0 amide bonds. The van der Waals surface area contributed by atoms with Gasteiger partial charge < -0.3 is 5.32 Å². The third-order valence-electron chi connectivity index (χ3n) is 3.91. The van der Waals surface area contributed by atoms with E-state index in [2.05, 4.69) is 22.3 Å². The molecule has 0 spiro atoms. The maximum absolute atomic E-state index is 12.9. The first-order valence-electron chi connectivity index (χ1n) is 6.98. The van der Waals surface area contributed by atoms with E-state index < -0.39 is 0 Å². The highest BCUT2D eigenvalue weighted by Crippen LogP contribution is 2.47. The Morgan fingerprint density at radius 2 is 2.15 bits per heavy atom. The SMILES string of the molecule is C[C@H](NC[C@@H]1C[C@@H]1c1ccc(F)cc1)c1ncn(C)n1. The van der Waals surface area contributed by atoms with Crippen molar-refractivity contribution in [3.63, 3.8) is 0 Å². The molecule has 1 aromatic heterocycles. The minimum Gasteiger partial charge on any atom is -0.307 e. The second-order valence-corrected chi connectivity index (χ2v) is 5.56. The third-order valence-corrected chi connectivity index (χ3v) is 3.91. The van der Waals surface area contributed by atoms with Crippen molar-refractivity contribution in [3.05, 3.63) is 47.8 Å². The van der Waals surface area contributed by atoms with E-state index in [9.17, 15) is 4.39 Å². The molecule has 5 heteroatoms. The second kappa shape index (κ2) is 5.32. The van der Waals surface area contributed by atoms with Gasteiger partial charge in [-0.15, -0.1) is 0 Å². The van der Waals surface area contributed by atoms with Crippen molar-refractivity contribution in [1.29, 1.82) is 0 Å². The summed E-state index contributed by atoms with van der Waals surface area (Å²) in [6.45, 7) is 3.02. The lowest BCUT2D eigenvalue weighted by atomic mass is 10.1. The van der Waals surface area contributed by atoms with E-state index in [0.29, 0.717) is 11.8 Å². The average Bonchev–Trinajstić information content (AvgIpc) is 3.09. The molecular weight excluding hydrogens is 255 g/mol. The summed E-state index contributed by atoms with van der Waals surface area (Å²) >= 11 is 0. The maximum Gasteiger partial charge on any atom is 0.167 e. The molecule has 3 rings (SSSR count). The molecule has 20 heavy (non-hydrogen) atoms. The average molecular weight is 274 g/mol. The van der Waals surface area contributed by atoms with Crippen molar-refractivity contribution >= 4 is 0 Å². The van der Waals surface area contributed by atoms with Gasteiger partial charge in [-0.05, 0) is 49.4 Å². The minimum atomic E-state index is -0.168. The van der Waals surface area contributed by atoms with Crippen LogP contribution in [0.4, 0.5) is 4.39 Å². The smallest absolute Gasteiger partial charge is 0.167 e. The van der Waals surface area contributed by atoms with Gasteiger partial charge in [0.15, 0.2) is 5.82 Å². The van der Waals surface area contributed by atoms with Crippen molar-refractivity contribution in [2.45, 2.75) is 25.3 Å². The molecule has 0 aliphatic heterocycles. The van der Waals surface area contributed by atoms with Crippen LogP contribution >= 0.6 is 0 Å².